The zero-order chi connectivity index (χ0) is 32.1. The van der Waals surface area contributed by atoms with E-state index in [0.29, 0.717) is 28.9 Å². The fourth-order valence-electron chi connectivity index (χ4n) is 5.01. The summed E-state index contributed by atoms with van der Waals surface area (Å²) in [5.41, 5.74) is -2.13. The van der Waals surface area contributed by atoms with Crippen LogP contribution in [-0.4, -0.2) is 49.4 Å². The lowest BCUT2D eigenvalue weighted by molar-refractivity contribution is -0.144. The molecule has 0 aliphatic carbocycles. The van der Waals surface area contributed by atoms with Crippen LogP contribution in [0.4, 0.5) is 41.6 Å². The Balaban J connectivity index is 2.13. The molecule has 8 nitrogen and oxygen atoms in total. The maximum Gasteiger partial charge on any atom is 0.416 e. The third kappa shape index (κ3) is 8.11. The van der Waals surface area contributed by atoms with Crippen molar-refractivity contribution in [3.63, 3.8) is 0 Å². The summed E-state index contributed by atoms with van der Waals surface area (Å²) < 4.78 is 96.4. The third-order valence-corrected chi connectivity index (χ3v) is 6.89. The molecule has 0 bridgehead atoms. The SMILES string of the molecule is CCOC(=O)CCc1ccc2c(c1)[C@@H](N(Cc1cc(C(F)(F)F)cc(C(F)(F)F)c1)C(=O)OC)C[C@@H](C)N2C(=O)OCC. The number of ether oxygens (including phenoxy) is 3. The molecule has 0 saturated carbocycles. The first-order chi connectivity index (χ1) is 20.1. The van der Waals surface area contributed by atoms with Crippen molar-refractivity contribution in [3.05, 3.63) is 64.2 Å². The van der Waals surface area contributed by atoms with Crippen molar-refractivity contribution in [1.29, 1.82) is 0 Å². The second-order valence-electron chi connectivity index (χ2n) is 9.88. The van der Waals surface area contributed by atoms with Crippen molar-refractivity contribution in [2.24, 2.45) is 0 Å². The highest BCUT2D eigenvalue weighted by atomic mass is 19.4. The first-order valence-electron chi connectivity index (χ1n) is 13.5. The number of rotatable bonds is 8. The van der Waals surface area contributed by atoms with Crippen LogP contribution in [0.3, 0.4) is 0 Å². The van der Waals surface area contributed by atoms with Crippen LogP contribution in [0.5, 0.6) is 0 Å². The molecule has 236 valence electrons. The zero-order valence-corrected chi connectivity index (χ0v) is 24.0. The molecule has 0 fully saturated rings. The Morgan fingerprint density at radius 3 is 2.05 bits per heavy atom. The fraction of sp³-hybridized carbons (Fsp3) is 0.483. The zero-order valence-electron chi connectivity index (χ0n) is 24.0. The van der Waals surface area contributed by atoms with Gasteiger partial charge in [0.25, 0.3) is 0 Å². The van der Waals surface area contributed by atoms with Gasteiger partial charge in [-0.05, 0) is 74.6 Å². The van der Waals surface area contributed by atoms with Crippen molar-refractivity contribution >= 4 is 23.8 Å². The molecule has 1 aliphatic rings. The molecule has 2 atom stereocenters. The quantitative estimate of drug-likeness (QED) is 0.176. The van der Waals surface area contributed by atoms with Crippen molar-refractivity contribution in [2.75, 3.05) is 25.2 Å². The number of nitrogens with zero attached hydrogens (tertiary/aromatic N) is 2. The normalized spacial score (nSPS) is 16.7. The monoisotopic (exact) mass is 618 g/mol. The summed E-state index contributed by atoms with van der Waals surface area (Å²) >= 11 is 0. The van der Waals surface area contributed by atoms with Crippen LogP contribution in [0.1, 0.15) is 67.5 Å². The third-order valence-electron chi connectivity index (χ3n) is 6.89. The Morgan fingerprint density at radius 1 is 0.907 bits per heavy atom. The second kappa shape index (κ2) is 13.6. The number of esters is 1. The van der Waals surface area contributed by atoms with Gasteiger partial charge in [0.2, 0.25) is 0 Å². The van der Waals surface area contributed by atoms with Gasteiger partial charge in [-0.1, -0.05) is 12.1 Å². The number of fused-ring (bicyclic) bond motifs is 1. The highest BCUT2D eigenvalue weighted by Crippen LogP contribution is 2.43. The van der Waals surface area contributed by atoms with E-state index in [4.69, 9.17) is 14.2 Å². The molecule has 0 radical (unpaired) electrons. The van der Waals surface area contributed by atoms with E-state index in [-0.39, 0.29) is 38.5 Å². The lowest BCUT2D eigenvalue weighted by atomic mass is 9.88. The van der Waals surface area contributed by atoms with Crippen molar-refractivity contribution in [1.82, 2.24) is 4.90 Å². The largest absolute Gasteiger partial charge is 0.466 e. The molecule has 3 rings (SSSR count). The summed E-state index contributed by atoms with van der Waals surface area (Å²) in [5, 5.41) is 0. The number of amides is 2. The van der Waals surface area contributed by atoms with Gasteiger partial charge < -0.3 is 14.2 Å². The minimum Gasteiger partial charge on any atom is -0.466 e. The highest BCUT2D eigenvalue weighted by molar-refractivity contribution is 5.90. The topological polar surface area (TPSA) is 85.4 Å². The fourth-order valence-corrected chi connectivity index (χ4v) is 5.01. The molecule has 0 unspecified atom stereocenters. The van der Waals surface area contributed by atoms with Gasteiger partial charge in [-0.25, -0.2) is 9.59 Å². The molecular formula is C29H32F6N2O6. The summed E-state index contributed by atoms with van der Waals surface area (Å²) in [4.78, 5) is 40.3. The van der Waals surface area contributed by atoms with Gasteiger partial charge in [-0.2, -0.15) is 26.3 Å². The standard InChI is InChI=1S/C29H32F6N2O6/c1-5-42-25(38)10-8-18-7-9-23-22(14-18)24(11-17(3)37(23)27(40)43-6-2)36(26(39)41-4)16-19-12-20(28(30,31)32)15-21(13-19)29(33,34)35/h7,9,12-15,17,24H,5-6,8,10-11,16H2,1-4H3/t17-,24+/m1/s1. The molecule has 2 aromatic rings. The maximum absolute atomic E-state index is 13.6. The molecule has 0 spiro atoms. The minimum absolute atomic E-state index is 0.0109. The molecule has 0 aromatic heterocycles. The first kappa shape index (κ1) is 33.5. The number of methoxy groups -OCH3 is 1. The minimum atomic E-state index is -5.08. The van der Waals surface area contributed by atoms with Gasteiger partial charge >= 0.3 is 30.5 Å². The average Bonchev–Trinajstić information content (AvgIpc) is 2.93. The number of carbonyl (C=O) groups excluding carboxylic acids is 3. The molecule has 2 aromatic carbocycles. The van der Waals surface area contributed by atoms with E-state index in [0.717, 1.165) is 12.0 Å². The highest BCUT2D eigenvalue weighted by Gasteiger charge is 2.41. The predicted molar refractivity (Wildman–Crippen MR) is 142 cm³/mol. The summed E-state index contributed by atoms with van der Waals surface area (Å²) in [5.74, 6) is -0.445. The Hall–Kier alpha value is -3.97. The average molecular weight is 619 g/mol. The van der Waals surface area contributed by atoms with E-state index in [9.17, 15) is 40.7 Å². The summed E-state index contributed by atoms with van der Waals surface area (Å²) in [6.07, 6.45) is -11.5. The number of aryl methyl sites for hydroxylation is 1. The molecule has 0 saturated heterocycles. The van der Waals surface area contributed by atoms with Crippen LogP contribution in [-0.2, 0) is 44.3 Å². The van der Waals surface area contributed by atoms with Crippen LogP contribution in [0.25, 0.3) is 0 Å². The van der Waals surface area contributed by atoms with Gasteiger partial charge in [-0.3, -0.25) is 14.6 Å². The molecule has 43 heavy (non-hydrogen) atoms. The molecule has 1 heterocycles. The van der Waals surface area contributed by atoms with Gasteiger partial charge in [0.1, 0.15) is 0 Å². The summed E-state index contributed by atoms with van der Waals surface area (Å²) in [6, 6.07) is 4.49. The van der Waals surface area contributed by atoms with Crippen molar-refractivity contribution in [2.45, 2.75) is 71.0 Å². The number of hydrogen-bond donors (Lipinski definition) is 0. The van der Waals surface area contributed by atoms with Crippen molar-refractivity contribution < 1.29 is 54.9 Å². The molecule has 14 heteroatoms. The van der Waals surface area contributed by atoms with Crippen LogP contribution >= 0.6 is 0 Å². The number of benzene rings is 2. The number of anilines is 1. The lowest BCUT2D eigenvalue weighted by Crippen LogP contribution is -2.47. The van der Waals surface area contributed by atoms with Gasteiger partial charge in [0.05, 0.1) is 43.2 Å². The Labute approximate surface area is 244 Å². The molecule has 0 N–H and O–H groups in total. The smallest absolute Gasteiger partial charge is 0.416 e. The lowest BCUT2D eigenvalue weighted by Gasteiger charge is -2.42. The van der Waals surface area contributed by atoms with E-state index < -0.39 is 65.8 Å². The van der Waals surface area contributed by atoms with Gasteiger partial charge in [0.15, 0.2) is 0 Å². The maximum atomic E-state index is 13.6. The van der Waals surface area contributed by atoms with E-state index in [1.54, 1.807) is 39.0 Å². The number of alkyl halides is 6. The van der Waals surface area contributed by atoms with Crippen molar-refractivity contribution in [3.8, 4) is 0 Å². The van der Waals surface area contributed by atoms with E-state index >= 15 is 0 Å². The Kier molecular flexibility index (Phi) is 10.6. The molecule has 1 aliphatic heterocycles. The van der Waals surface area contributed by atoms with Crippen LogP contribution in [0.2, 0.25) is 0 Å². The molecular weight excluding hydrogens is 586 g/mol. The van der Waals surface area contributed by atoms with Crippen LogP contribution in [0.15, 0.2) is 36.4 Å². The Morgan fingerprint density at radius 2 is 1.51 bits per heavy atom. The van der Waals surface area contributed by atoms with Gasteiger partial charge in [-0.15, -0.1) is 0 Å². The first-order valence-corrected chi connectivity index (χ1v) is 13.5. The summed E-state index contributed by atoms with van der Waals surface area (Å²) in [7, 11) is 1.04. The number of carbonyl (C=O) groups is 3. The second-order valence-corrected chi connectivity index (χ2v) is 9.88. The van der Waals surface area contributed by atoms with Crippen LogP contribution < -0.4 is 4.90 Å². The number of halogens is 6. The Bertz CT molecular complexity index is 1300. The molecule has 2 amide bonds. The van der Waals surface area contributed by atoms with E-state index in [1.807, 2.05) is 0 Å². The predicted octanol–water partition coefficient (Wildman–Crippen LogP) is 7.28. The van der Waals surface area contributed by atoms with E-state index in [2.05, 4.69) is 0 Å². The number of hydrogen-bond acceptors (Lipinski definition) is 6. The van der Waals surface area contributed by atoms with E-state index in [1.165, 1.54) is 4.90 Å². The summed E-state index contributed by atoms with van der Waals surface area (Å²) in [6.45, 7) is 4.56. The van der Waals surface area contributed by atoms with Crippen LogP contribution in [0, 0.1) is 0 Å². The van der Waals surface area contributed by atoms with Gasteiger partial charge in [0, 0.05) is 19.0 Å².